The van der Waals surface area contributed by atoms with Crippen LogP contribution in [0.4, 0.5) is 0 Å². The summed E-state index contributed by atoms with van der Waals surface area (Å²) < 4.78 is 5.59. The molecule has 0 aliphatic carbocycles. The number of allylic oxidation sites excluding steroid dienone is 1. The fraction of sp³-hybridized carbons (Fsp3) is 0.227. The van der Waals surface area contributed by atoms with Gasteiger partial charge in [0.25, 0.3) is 0 Å². The summed E-state index contributed by atoms with van der Waals surface area (Å²) in [6.45, 7) is 0.403. The van der Waals surface area contributed by atoms with Gasteiger partial charge >= 0.3 is 0 Å². The second kappa shape index (κ2) is 10.4. The highest BCUT2D eigenvalue weighted by Crippen LogP contribution is 2.42. The van der Waals surface area contributed by atoms with E-state index in [1.807, 2.05) is 30.3 Å². The molecule has 1 atom stereocenters. The van der Waals surface area contributed by atoms with Crippen LogP contribution in [0.3, 0.4) is 0 Å². The second-order valence-electron chi connectivity index (χ2n) is 6.76. The minimum atomic E-state index is -0.514. The lowest BCUT2D eigenvalue weighted by atomic mass is 9.87. The Hall–Kier alpha value is -2.96. The first-order valence-corrected chi connectivity index (χ1v) is 11.1. The van der Waals surface area contributed by atoms with E-state index < -0.39 is 5.92 Å². The molecule has 3 rings (SSSR count). The van der Waals surface area contributed by atoms with Crippen molar-refractivity contribution in [3.8, 4) is 17.6 Å². The largest absolute Gasteiger partial charge is 0.503 e. The van der Waals surface area contributed by atoms with Crippen LogP contribution in [0.1, 0.15) is 23.5 Å². The lowest BCUT2D eigenvalue weighted by molar-refractivity contribution is -0.121. The third kappa shape index (κ3) is 5.60. The zero-order chi connectivity index (χ0) is 22.4. The van der Waals surface area contributed by atoms with Gasteiger partial charge in [0.05, 0.1) is 34.0 Å². The van der Waals surface area contributed by atoms with Gasteiger partial charge in [-0.05, 0) is 39.2 Å². The van der Waals surface area contributed by atoms with Crippen molar-refractivity contribution in [2.45, 2.75) is 18.9 Å². The van der Waals surface area contributed by atoms with Crippen LogP contribution in [0.25, 0.3) is 0 Å². The van der Waals surface area contributed by atoms with E-state index in [0.29, 0.717) is 27.2 Å². The number of nitriles is 1. The number of hydrogen-bond donors (Lipinski definition) is 3. The number of phenols is 1. The van der Waals surface area contributed by atoms with Crippen LogP contribution < -0.4 is 15.4 Å². The smallest absolute Gasteiger partial charge is 0.230 e. The standard InChI is InChI=1S/C22H20BrN3O4S/c1-30-18-8-14(7-17(23)21(18)29)15-9-19(27)26-22(16(15)10-24)31-12-20(28)25-11-13-5-3-2-4-6-13/h2-8,15,29H,9,11-12H2,1H3,(H,25,28)(H,26,27)/t15-/m1/s1. The highest BCUT2D eigenvalue weighted by atomic mass is 79.9. The first-order valence-electron chi connectivity index (χ1n) is 9.36. The molecule has 0 saturated heterocycles. The van der Waals surface area contributed by atoms with E-state index in [1.54, 1.807) is 12.1 Å². The van der Waals surface area contributed by atoms with Gasteiger partial charge in [-0.25, -0.2) is 0 Å². The number of methoxy groups -OCH3 is 1. The lowest BCUT2D eigenvalue weighted by Crippen LogP contribution is -2.32. The number of amides is 2. The van der Waals surface area contributed by atoms with Crippen LogP contribution in [0, 0.1) is 11.3 Å². The molecule has 0 bridgehead atoms. The number of ether oxygens (including phenoxy) is 1. The van der Waals surface area contributed by atoms with Crippen molar-refractivity contribution in [1.29, 1.82) is 5.26 Å². The summed E-state index contributed by atoms with van der Waals surface area (Å²) in [4.78, 5) is 24.6. The first-order chi connectivity index (χ1) is 14.9. The topological polar surface area (TPSA) is 111 Å². The van der Waals surface area contributed by atoms with Crippen molar-refractivity contribution < 1.29 is 19.4 Å². The van der Waals surface area contributed by atoms with Gasteiger partial charge in [0.2, 0.25) is 11.8 Å². The molecule has 0 radical (unpaired) electrons. The molecule has 0 fully saturated rings. The summed E-state index contributed by atoms with van der Waals surface area (Å²) in [7, 11) is 1.43. The summed E-state index contributed by atoms with van der Waals surface area (Å²) in [5.74, 6) is -0.730. The molecule has 0 aromatic heterocycles. The number of carbonyl (C=O) groups excluding carboxylic acids is 2. The average molecular weight is 502 g/mol. The Morgan fingerprint density at radius 2 is 2.13 bits per heavy atom. The van der Waals surface area contributed by atoms with Crippen LogP contribution in [0.2, 0.25) is 0 Å². The molecule has 1 aliphatic heterocycles. The Bertz CT molecular complexity index is 1070. The van der Waals surface area contributed by atoms with Crippen molar-refractivity contribution >= 4 is 39.5 Å². The highest BCUT2D eigenvalue weighted by Gasteiger charge is 2.31. The second-order valence-corrected chi connectivity index (χ2v) is 8.60. The van der Waals surface area contributed by atoms with Gasteiger partial charge in [0.1, 0.15) is 0 Å². The van der Waals surface area contributed by atoms with Gasteiger partial charge in [0, 0.05) is 18.9 Å². The van der Waals surface area contributed by atoms with Crippen LogP contribution in [-0.2, 0) is 16.1 Å². The van der Waals surface area contributed by atoms with Gasteiger partial charge in [-0.15, -0.1) is 0 Å². The molecule has 2 aromatic carbocycles. The Kier molecular flexibility index (Phi) is 7.60. The Morgan fingerprint density at radius 3 is 2.81 bits per heavy atom. The number of hydrogen-bond acceptors (Lipinski definition) is 6. The summed E-state index contributed by atoms with van der Waals surface area (Å²) in [5.41, 5.74) is 2.00. The Labute approximate surface area is 192 Å². The summed E-state index contributed by atoms with van der Waals surface area (Å²) >= 11 is 4.39. The van der Waals surface area contributed by atoms with Crippen LogP contribution >= 0.6 is 27.7 Å². The summed E-state index contributed by atoms with van der Waals surface area (Å²) in [6.07, 6.45) is 0.0769. The number of aromatic hydroxyl groups is 1. The molecule has 0 unspecified atom stereocenters. The van der Waals surface area contributed by atoms with Crippen LogP contribution in [0.5, 0.6) is 11.5 Å². The normalized spacial score (nSPS) is 15.8. The fourth-order valence-corrected chi connectivity index (χ4v) is 4.52. The predicted octanol–water partition coefficient (Wildman–Crippen LogP) is 3.55. The van der Waals surface area contributed by atoms with E-state index in [-0.39, 0.29) is 35.5 Å². The number of phenolic OH excluding ortho intramolecular Hbond substituents is 1. The fourth-order valence-electron chi connectivity index (χ4n) is 3.15. The van der Waals surface area contributed by atoms with E-state index in [9.17, 15) is 20.0 Å². The molecular formula is C22H20BrN3O4S. The Balaban J connectivity index is 1.76. The van der Waals surface area contributed by atoms with Gasteiger partial charge < -0.3 is 20.5 Å². The minimum absolute atomic E-state index is 0.0568. The van der Waals surface area contributed by atoms with Gasteiger partial charge in [-0.3, -0.25) is 9.59 Å². The molecule has 31 heavy (non-hydrogen) atoms. The van der Waals surface area contributed by atoms with E-state index in [2.05, 4.69) is 32.6 Å². The van der Waals surface area contributed by atoms with Crippen LogP contribution in [0.15, 0.2) is 57.5 Å². The van der Waals surface area contributed by atoms with E-state index in [0.717, 1.165) is 17.3 Å². The number of nitrogens with one attached hydrogen (secondary N) is 2. The average Bonchev–Trinajstić information content (AvgIpc) is 2.78. The number of benzene rings is 2. The van der Waals surface area contributed by atoms with Crippen molar-refractivity contribution in [2.24, 2.45) is 0 Å². The molecule has 7 nitrogen and oxygen atoms in total. The number of thioether (sulfide) groups is 1. The summed E-state index contributed by atoms with van der Waals surface area (Å²) in [6, 6.07) is 15.0. The summed E-state index contributed by atoms with van der Waals surface area (Å²) in [5, 5.41) is 25.7. The minimum Gasteiger partial charge on any atom is -0.503 e. The van der Waals surface area contributed by atoms with Gasteiger partial charge in [0.15, 0.2) is 11.5 Å². The molecular weight excluding hydrogens is 482 g/mol. The molecule has 2 aromatic rings. The van der Waals surface area contributed by atoms with E-state index in [4.69, 9.17) is 4.74 Å². The zero-order valence-electron chi connectivity index (χ0n) is 16.6. The molecule has 160 valence electrons. The molecule has 1 aliphatic rings. The predicted molar refractivity (Wildman–Crippen MR) is 121 cm³/mol. The number of carbonyl (C=O) groups is 2. The van der Waals surface area contributed by atoms with Crippen molar-refractivity contribution in [1.82, 2.24) is 10.6 Å². The molecule has 9 heteroatoms. The number of rotatable bonds is 7. The van der Waals surface area contributed by atoms with E-state index >= 15 is 0 Å². The molecule has 2 amide bonds. The molecule has 0 saturated carbocycles. The zero-order valence-corrected chi connectivity index (χ0v) is 19.0. The number of nitrogens with zero attached hydrogens (tertiary/aromatic N) is 1. The van der Waals surface area contributed by atoms with Gasteiger partial charge in [-0.1, -0.05) is 42.1 Å². The SMILES string of the molecule is COc1cc([C@H]2CC(=O)NC(SCC(=O)NCc3ccccc3)=C2C#N)cc(Br)c1O. The maximum Gasteiger partial charge on any atom is 0.230 e. The quantitative estimate of drug-likeness (QED) is 0.534. The monoisotopic (exact) mass is 501 g/mol. The molecule has 0 spiro atoms. The third-order valence-corrected chi connectivity index (χ3v) is 6.33. The van der Waals surface area contributed by atoms with E-state index in [1.165, 1.54) is 7.11 Å². The van der Waals surface area contributed by atoms with Crippen molar-refractivity contribution in [3.05, 3.63) is 68.7 Å². The third-order valence-electron chi connectivity index (χ3n) is 4.71. The van der Waals surface area contributed by atoms with Crippen LogP contribution in [-0.4, -0.2) is 29.8 Å². The first kappa shape index (κ1) is 22.7. The highest BCUT2D eigenvalue weighted by molar-refractivity contribution is 9.10. The van der Waals surface area contributed by atoms with Crippen molar-refractivity contribution in [3.63, 3.8) is 0 Å². The maximum absolute atomic E-state index is 12.3. The lowest BCUT2D eigenvalue weighted by Gasteiger charge is -2.25. The molecule has 3 N–H and O–H groups in total. The van der Waals surface area contributed by atoms with Crippen molar-refractivity contribution in [2.75, 3.05) is 12.9 Å². The Morgan fingerprint density at radius 1 is 1.39 bits per heavy atom. The van der Waals surface area contributed by atoms with Gasteiger partial charge in [-0.2, -0.15) is 5.26 Å². The maximum atomic E-state index is 12.3. The molecule has 1 heterocycles. The number of halogens is 1.